The van der Waals surface area contributed by atoms with Crippen LogP contribution < -0.4 is 15.4 Å². The molecule has 0 saturated carbocycles. The molecule has 0 aromatic heterocycles. The van der Waals surface area contributed by atoms with Crippen molar-refractivity contribution in [1.82, 2.24) is 10.6 Å². The quantitative estimate of drug-likeness (QED) is 0.666. The summed E-state index contributed by atoms with van der Waals surface area (Å²) < 4.78 is 9.94. The third-order valence-electron chi connectivity index (χ3n) is 4.52. The number of aryl methyl sites for hydroxylation is 2. The Hall–Kier alpha value is -3.35. The number of carbonyl (C=O) groups excluding carboxylic acids is 3. The van der Waals surface area contributed by atoms with Crippen LogP contribution in [-0.4, -0.2) is 38.0 Å². The van der Waals surface area contributed by atoms with Crippen LogP contribution in [0.2, 0.25) is 0 Å². The van der Waals surface area contributed by atoms with Crippen molar-refractivity contribution in [1.29, 1.82) is 0 Å². The number of hydrogen-bond acceptors (Lipinski definition) is 5. The lowest BCUT2D eigenvalue weighted by Crippen LogP contribution is -2.34. The van der Waals surface area contributed by atoms with Crippen molar-refractivity contribution >= 4 is 17.8 Å². The molecule has 0 aliphatic carbocycles. The van der Waals surface area contributed by atoms with Gasteiger partial charge in [-0.2, -0.15) is 0 Å². The average molecular weight is 398 g/mol. The molecule has 1 atom stereocenters. The van der Waals surface area contributed by atoms with Crippen molar-refractivity contribution in [2.45, 2.75) is 26.8 Å². The highest BCUT2D eigenvalue weighted by atomic mass is 16.5. The first-order valence-electron chi connectivity index (χ1n) is 9.24. The van der Waals surface area contributed by atoms with E-state index >= 15 is 0 Å². The summed E-state index contributed by atoms with van der Waals surface area (Å²) in [6, 6.07) is 12.2. The normalized spacial score (nSPS) is 11.3. The van der Waals surface area contributed by atoms with Gasteiger partial charge in [0.1, 0.15) is 12.3 Å². The number of esters is 1. The topological polar surface area (TPSA) is 93.7 Å². The van der Waals surface area contributed by atoms with E-state index in [-0.39, 0.29) is 12.6 Å². The van der Waals surface area contributed by atoms with Crippen LogP contribution in [0.15, 0.2) is 42.5 Å². The number of benzene rings is 2. The largest absolute Gasteiger partial charge is 0.497 e. The second-order valence-corrected chi connectivity index (χ2v) is 6.70. The van der Waals surface area contributed by atoms with E-state index in [1.165, 1.54) is 12.7 Å². The second kappa shape index (κ2) is 10.3. The van der Waals surface area contributed by atoms with Crippen LogP contribution >= 0.6 is 0 Å². The molecule has 0 saturated heterocycles. The van der Waals surface area contributed by atoms with E-state index in [0.717, 1.165) is 11.1 Å². The summed E-state index contributed by atoms with van der Waals surface area (Å²) in [5.41, 5.74) is 3.68. The maximum atomic E-state index is 12.0. The molecule has 0 heterocycles. The summed E-state index contributed by atoms with van der Waals surface area (Å²) in [6.45, 7) is 5.15. The molecule has 7 nitrogen and oxygen atoms in total. The fourth-order valence-corrected chi connectivity index (χ4v) is 2.59. The highest BCUT2D eigenvalue weighted by Crippen LogP contribution is 2.16. The predicted octanol–water partition coefficient (Wildman–Crippen LogP) is 2.46. The van der Waals surface area contributed by atoms with Crippen molar-refractivity contribution < 1.29 is 23.9 Å². The molecule has 0 bridgehead atoms. The van der Waals surface area contributed by atoms with Gasteiger partial charge in [-0.15, -0.1) is 0 Å². The summed E-state index contributed by atoms with van der Waals surface area (Å²) in [6.07, 6.45) is 0. The van der Waals surface area contributed by atoms with E-state index in [1.54, 1.807) is 24.3 Å². The van der Waals surface area contributed by atoms with Gasteiger partial charge in [0.05, 0.1) is 13.2 Å². The standard InChI is InChI=1S/C22H26N2O5/c1-14-5-6-18(11-15(14)2)16(3)24-20(25)13-29-21(26)12-23-22(27)17-7-9-19(28-4)10-8-17/h5-11,16H,12-13H2,1-4H3,(H,23,27)(H,24,25)/t16-/m1/s1. The maximum Gasteiger partial charge on any atom is 0.325 e. The Kier molecular flexibility index (Phi) is 7.77. The van der Waals surface area contributed by atoms with Gasteiger partial charge in [-0.3, -0.25) is 14.4 Å². The highest BCUT2D eigenvalue weighted by molar-refractivity contribution is 5.96. The van der Waals surface area contributed by atoms with Crippen LogP contribution in [0.25, 0.3) is 0 Å². The lowest BCUT2D eigenvalue weighted by molar-refractivity contribution is -0.147. The highest BCUT2D eigenvalue weighted by Gasteiger charge is 2.14. The third-order valence-corrected chi connectivity index (χ3v) is 4.52. The molecule has 0 fully saturated rings. The first-order valence-corrected chi connectivity index (χ1v) is 9.24. The van der Waals surface area contributed by atoms with Crippen molar-refractivity contribution in [2.75, 3.05) is 20.3 Å². The Morgan fingerprint density at radius 2 is 1.69 bits per heavy atom. The minimum atomic E-state index is -0.694. The minimum absolute atomic E-state index is 0.213. The number of carbonyl (C=O) groups is 3. The van der Waals surface area contributed by atoms with Gasteiger partial charge in [0, 0.05) is 5.56 Å². The van der Waals surface area contributed by atoms with Gasteiger partial charge in [0.15, 0.2) is 6.61 Å². The number of rotatable bonds is 8. The van der Waals surface area contributed by atoms with Crippen LogP contribution in [0, 0.1) is 13.8 Å². The zero-order valence-electron chi connectivity index (χ0n) is 17.1. The summed E-state index contributed by atoms with van der Waals surface area (Å²) in [5.74, 6) is -0.897. The molecule has 0 radical (unpaired) electrons. The number of ether oxygens (including phenoxy) is 2. The average Bonchev–Trinajstić information content (AvgIpc) is 2.72. The summed E-state index contributed by atoms with van der Waals surface area (Å²) >= 11 is 0. The molecule has 2 rings (SSSR count). The Labute approximate surface area is 170 Å². The van der Waals surface area contributed by atoms with Crippen molar-refractivity contribution in [3.63, 3.8) is 0 Å². The molecule has 0 spiro atoms. The van der Waals surface area contributed by atoms with E-state index in [9.17, 15) is 14.4 Å². The van der Waals surface area contributed by atoms with Gasteiger partial charge in [0.25, 0.3) is 11.8 Å². The third kappa shape index (κ3) is 6.64. The fourth-order valence-electron chi connectivity index (χ4n) is 2.59. The molecule has 154 valence electrons. The zero-order chi connectivity index (χ0) is 21.4. The molecule has 7 heteroatoms. The van der Waals surface area contributed by atoms with Crippen LogP contribution in [0.4, 0.5) is 0 Å². The molecule has 0 aliphatic heterocycles. The first-order chi connectivity index (χ1) is 13.8. The Morgan fingerprint density at radius 1 is 1.00 bits per heavy atom. The molecule has 29 heavy (non-hydrogen) atoms. The van der Waals surface area contributed by atoms with Crippen molar-refractivity contribution in [2.24, 2.45) is 0 Å². The lowest BCUT2D eigenvalue weighted by Gasteiger charge is -2.16. The zero-order valence-corrected chi connectivity index (χ0v) is 17.1. The van der Waals surface area contributed by atoms with Gasteiger partial charge in [-0.25, -0.2) is 0 Å². The second-order valence-electron chi connectivity index (χ2n) is 6.70. The van der Waals surface area contributed by atoms with Crippen molar-refractivity contribution in [3.05, 3.63) is 64.7 Å². The summed E-state index contributed by atoms with van der Waals surface area (Å²) in [7, 11) is 1.53. The van der Waals surface area contributed by atoms with E-state index in [4.69, 9.17) is 9.47 Å². The Morgan fingerprint density at radius 3 is 2.31 bits per heavy atom. The van der Waals surface area contributed by atoms with E-state index in [0.29, 0.717) is 11.3 Å². The van der Waals surface area contributed by atoms with Gasteiger partial charge in [-0.1, -0.05) is 18.2 Å². The number of nitrogens with one attached hydrogen (secondary N) is 2. The summed E-state index contributed by atoms with van der Waals surface area (Å²) in [4.78, 5) is 35.8. The van der Waals surface area contributed by atoms with E-state index in [2.05, 4.69) is 10.6 Å². The molecule has 2 aromatic rings. The molecular formula is C22H26N2O5. The van der Waals surface area contributed by atoms with Gasteiger partial charge < -0.3 is 20.1 Å². The van der Waals surface area contributed by atoms with Gasteiger partial charge in [-0.05, 0) is 61.7 Å². The van der Waals surface area contributed by atoms with Gasteiger partial charge >= 0.3 is 5.97 Å². The number of methoxy groups -OCH3 is 1. The molecule has 2 amide bonds. The van der Waals surface area contributed by atoms with Crippen LogP contribution in [0.1, 0.15) is 40.0 Å². The minimum Gasteiger partial charge on any atom is -0.497 e. The van der Waals surface area contributed by atoms with Crippen molar-refractivity contribution in [3.8, 4) is 5.75 Å². The first kappa shape index (κ1) is 21.9. The van der Waals surface area contributed by atoms with Crippen LogP contribution in [-0.2, 0) is 14.3 Å². The molecular weight excluding hydrogens is 372 g/mol. The molecule has 0 aliphatic rings. The monoisotopic (exact) mass is 398 g/mol. The maximum absolute atomic E-state index is 12.0. The van der Waals surface area contributed by atoms with Crippen LogP contribution in [0.3, 0.4) is 0 Å². The number of hydrogen-bond donors (Lipinski definition) is 2. The van der Waals surface area contributed by atoms with E-state index in [1.807, 2.05) is 39.0 Å². The number of amides is 2. The molecule has 2 N–H and O–H groups in total. The Bertz CT molecular complexity index is 877. The Balaban J connectivity index is 1.74. The predicted molar refractivity (Wildman–Crippen MR) is 109 cm³/mol. The fraction of sp³-hybridized carbons (Fsp3) is 0.318. The smallest absolute Gasteiger partial charge is 0.325 e. The van der Waals surface area contributed by atoms with Crippen LogP contribution in [0.5, 0.6) is 5.75 Å². The van der Waals surface area contributed by atoms with Gasteiger partial charge in [0.2, 0.25) is 0 Å². The summed E-state index contributed by atoms with van der Waals surface area (Å²) in [5, 5.41) is 5.24. The SMILES string of the molecule is COc1ccc(C(=O)NCC(=O)OCC(=O)N[C@H](C)c2ccc(C)c(C)c2)cc1. The molecule has 2 aromatic carbocycles. The molecule has 0 unspecified atom stereocenters. The lowest BCUT2D eigenvalue weighted by atomic mass is 10.0. The van der Waals surface area contributed by atoms with E-state index < -0.39 is 24.4 Å².